The Morgan fingerprint density at radius 1 is 1.05 bits per heavy atom. The molecular formula is C26H32N6O4S. The van der Waals surface area contributed by atoms with E-state index in [0.29, 0.717) is 75.1 Å². The number of carbonyl (C=O) groups is 2. The number of piperazine rings is 1. The van der Waals surface area contributed by atoms with E-state index >= 15 is 0 Å². The number of benzene rings is 1. The van der Waals surface area contributed by atoms with Crippen LogP contribution in [-0.2, 0) is 10.0 Å². The molecule has 1 aromatic heterocycles. The molecule has 3 saturated heterocycles. The molecule has 4 fully saturated rings. The van der Waals surface area contributed by atoms with Crippen molar-refractivity contribution in [1.29, 1.82) is 0 Å². The molecule has 0 bridgehead atoms. The smallest absolute Gasteiger partial charge is 0.321 e. The summed E-state index contributed by atoms with van der Waals surface area (Å²) in [6.45, 7) is 5.80. The maximum atomic E-state index is 13.7. The van der Waals surface area contributed by atoms with Gasteiger partial charge in [0.25, 0.3) is 5.91 Å². The first kappa shape index (κ1) is 24.0. The minimum atomic E-state index is -3.51. The van der Waals surface area contributed by atoms with E-state index in [9.17, 15) is 18.0 Å². The number of anilines is 3. The number of rotatable bonds is 5. The zero-order valence-corrected chi connectivity index (χ0v) is 21.8. The van der Waals surface area contributed by atoms with E-state index in [4.69, 9.17) is 4.98 Å². The minimum Gasteiger partial charge on any atom is -0.353 e. The highest BCUT2D eigenvalue weighted by Gasteiger charge is 2.34. The maximum absolute atomic E-state index is 13.7. The molecule has 0 radical (unpaired) electrons. The van der Waals surface area contributed by atoms with Crippen LogP contribution in [0.1, 0.15) is 46.7 Å². The van der Waals surface area contributed by atoms with Crippen LogP contribution in [0.15, 0.2) is 30.5 Å². The molecule has 10 nitrogen and oxygen atoms in total. The molecule has 196 valence electrons. The quantitative estimate of drug-likeness (QED) is 0.644. The van der Waals surface area contributed by atoms with Gasteiger partial charge >= 0.3 is 6.03 Å². The zero-order chi connectivity index (χ0) is 25.7. The van der Waals surface area contributed by atoms with Gasteiger partial charge in [-0.15, -0.1) is 0 Å². The number of aryl methyl sites for hydroxylation is 1. The predicted molar refractivity (Wildman–Crippen MR) is 142 cm³/mol. The Balaban J connectivity index is 1.23. The summed E-state index contributed by atoms with van der Waals surface area (Å²) >= 11 is 0. The number of carbonyl (C=O) groups excluding carboxylic acids is 2. The summed E-state index contributed by atoms with van der Waals surface area (Å²) in [5, 5.41) is 2.77. The lowest BCUT2D eigenvalue weighted by Crippen LogP contribution is -2.49. The first-order chi connectivity index (χ1) is 17.8. The van der Waals surface area contributed by atoms with E-state index in [1.54, 1.807) is 28.0 Å². The summed E-state index contributed by atoms with van der Waals surface area (Å²) in [5.74, 6) is 1.49. The molecule has 11 heteroatoms. The second-order valence-electron chi connectivity index (χ2n) is 10.3. The van der Waals surface area contributed by atoms with E-state index in [0.717, 1.165) is 11.4 Å². The lowest BCUT2D eigenvalue weighted by molar-refractivity contribution is 0.0747. The largest absolute Gasteiger partial charge is 0.353 e. The van der Waals surface area contributed by atoms with Crippen molar-refractivity contribution in [3.05, 3.63) is 47.2 Å². The van der Waals surface area contributed by atoms with Crippen LogP contribution >= 0.6 is 0 Å². The van der Waals surface area contributed by atoms with Crippen LogP contribution in [0.5, 0.6) is 0 Å². The van der Waals surface area contributed by atoms with E-state index in [1.807, 2.05) is 6.20 Å². The van der Waals surface area contributed by atoms with Crippen molar-refractivity contribution in [1.82, 2.24) is 15.2 Å². The van der Waals surface area contributed by atoms with Crippen LogP contribution in [0, 0.1) is 6.92 Å². The summed E-state index contributed by atoms with van der Waals surface area (Å²) in [5.41, 5.74) is 3.77. The minimum absolute atomic E-state index is 0.0552. The first-order valence-corrected chi connectivity index (χ1v) is 14.6. The lowest BCUT2D eigenvalue weighted by atomic mass is 10.1. The average molecular weight is 525 g/mol. The molecule has 0 unspecified atom stereocenters. The molecular weight excluding hydrogens is 492 g/mol. The third kappa shape index (κ3) is 4.49. The Hall–Kier alpha value is -3.34. The molecule has 1 aromatic carbocycles. The Morgan fingerprint density at radius 2 is 1.84 bits per heavy atom. The maximum Gasteiger partial charge on any atom is 0.321 e. The normalized spacial score (nSPS) is 21.5. The fourth-order valence-electron chi connectivity index (χ4n) is 5.56. The number of hydrogen-bond donors (Lipinski definition) is 1. The van der Waals surface area contributed by atoms with Crippen molar-refractivity contribution in [3.8, 4) is 0 Å². The number of nitrogens with one attached hydrogen (secondary N) is 1. The number of urea groups is 1. The molecule has 0 atom stereocenters. The lowest BCUT2D eigenvalue weighted by Gasteiger charge is -2.36. The Kier molecular flexibility index (Phi) is 5.97. The van der Waals surface area contributed by atoms with E-state index < -0.39 is 10.0 Å². The number of sulfonamides is 1. The molecule has 3 aliphatic heterocycles. The SMILES string of the molecule is Cc1cc(C2CC2)cnc1N1CCN(C(=O)c2ccc(N3CCNC3=O)cc2N2CCCS2(=O)=O)CC1. The van der Waals surface area contributed by atoms with Crippen molar-refractivity contribution in [2.24, 2.45) is 0 Å². The summed E-state index contributed by atoms with van der Waals surface area (Å²) < 4.78 is 26.9. The van der Waals surface area contributed by atoms with Crippen LogP contribution < -0.4 is 19.4 Å². The van der Waals surface area contributed by atoms with Crippen molar-refractivity contribution in [2.45, 2.75) is 32.1 Å². The molecule has 1 saturated carbocycles. The topological polar surface area (TPSA) is 106 Å². The third-order valence-corrected chi connectivity index (χ3v) is 9.59. The van der Waals surface area contributed by atoms with E-state index in [1.165, 1.54) is 22.7 Å². The number of amides is 3. The molecule has 2 aromatic rings. The van der Waals surface area contributed by atoms with Crippen LogP contribution in [0.2, 0.25) is 0 Å². The van der Waals surface area contributed by atoms with Gasteiger partial charge in [0, 0.05) is 57.7 Å². The highest BCUT2D eigenvalue weighted by atomic mass is 32.2. The van der Waals surface area contributed by atoms with Gasteiger partial charge in [0.15, 0.2) is 0 Å². The van der Waals surface area contributed by atoms with Gasteiger partial charge < -0.3 is 15.1 Å². The summed E-state index contributed by atoms with van der Waals surface area (Å²) in [6, 6.07) is 7.09. The van der Waals surface area contributed by atoms with Crippen molar-refractivity contribution in [2.75, 3.05) is 65.7 Å². The fraction of sp³-hybridized carbons (Fsp3) is 0.500. The number of hydrogen-bond acceptors (Lipinski definition) is 6. The predicted octanol–water partition coefficient (Wildman–Crippen LogP) is 2.30. The van der Waals surface area contributed by atoms with Crippen LogP contribution in [-0.4, -0.2) is 81.8 Å². The fourth-order valence-corrected chi connectivity index (χ4v) is 7.13. The van der Waals surface area contributed by atoms with Gasteiger partial charge in [-0.05, 0) is 61.4 Å². The molecule has 4 heterocycles. The van der Waals surface area contributed by atoms with Gasteiger partial charge in [0.2, 0.25) is 10.0 Å². The van der Waals surface area contributed by atoms with Crippen molar-refractivity contribution in [3.63, 3.8) is 0 Å². The number of pyridine rings is 1. The van der Waals surface area contributed by atoms with Gasteiger partial charge in [0.05, 0.1) is 17.0 Å². The second kappa shape index (κ2) is 9.20. The highest BCUT2D eigenvalue weighted by Crippen LogP contribution is 2.40. The Bertz CT molecular complexity index is 1350. The van der Waals surface area contributed by atoms with Crippen LogP contribution in [0.25, 0.3) is 0 Å². The Labute approximate surface area is 217 Å². The van der Waals surface area contributed by atoms with Gasteiger partial charge in [-0.2, -0.15) is 0 Å². The summed E-state index contributed by atoms with van der Waals surface area (Å²) in [4.78, 5) is 36.2. The van der Waals surface area contributed by atoms with Gasteiger partial charge in [0.1, 0.15) is 5.82 Å². The first-order valence-electron chi connectivity index (χ1n) is 13.0. The zero-order valence-electron chi connectivity index (χ0n) is 21.0. The molecule has 6 rings (SSSR count). The van der Waals surface area contributed by atoms with Crippen LogP contribution in [0.4, 0.5) is 22.0 Å². The van der Waals surface area contributed by atoms with Gasteiger partial charge in [-0.1, -0.05) is 6.07 Å². The molecule has 1 aliphatic carbocycles. The van der Waals surface area contributed by atoms with Crippen molar-refractivity contribution < 1.29 is 18.0 Å². The molecule has 4 aliphatic rings. The third-order valence-electron chi connectivity index (χ3n) is 7.74. The molecule has 0 spiro atoms. The van der Waals surface area contributed by atoms with Crippen molar-refractivity contribution >= 4 is 39.2 Å². The number of nitrogens with zero attached hydrogens (tertiary/aromatic N) is 5. The molecule has 1 N–H and O–H groups in total. The average Bonchev–Trinajstić information content (AvgIpc) is 3.56. The summed E-state index contributed by atoms with van der Waals surface area (Å²) in [6.07, 6.45) is 4.99. The Morgan fingerprint density at radius 3 is 2.46 bits per heavy atom. The second-order valence-corrected chi connectivity index (χ2v) is 12.3. The van der Waals surface area contributed by atoms with Gasteiger partial charge in [-0.3, -0.25) is 14.0 Å². The standard InChI is InChI=1S/C26H32N6O4S/c1-18-15-20(19-3-4-19)17-28-24(18)29-10-12-30(13-11-29)25(33)22-6-5-21(31-9-7-27-26(31)34)16-23(22)32-8-2-14-37(32,35)36/h5-6,15-17,19H,2-4,7-14H2,1H3,(H,27,34). The van der Waals surface area contributed by atoms with E-state index in [2.05, 4.69) is 23.2 Å². The monoisotopic (exact) mass is 524 g/mol. The summed E-state index contributed by atoms with van der Waals surface area (Å²) in [7, 11) is -3.51. The molecule has 3 amide bonds. The number of aromatic nitrogens is 1. The van der Waals surface area contributed by atoms with E-state index in [-0.39, 0.29) is 17.7 Å². The van der Waals surface area contributed by atoms with Gasteiger partial charge in [-0.25, -0.2) is 18.2 Å². The van der Waals surface area contributed by atoms with Crippen LogP contribution in [0.3, 0.4) is 0 Å². The molecule has 37 heavy (non-hydrogen) atoms. The highest BCUT2D eigenvalue weighted by molar-refractivity contribution is 7.93.